The van der Waals surface area contributed by atoms with E-state index in [2.05, 4.69) is 5.32 Å². The van der Waals surface area contributed by atoms with Gasteiger partial charge in [0.05, 0.1) is 11.7 Å². The van der Waals surface area contributed by atoms with Gasteiger partial charge in [-0.25, -0.2) is 4.79 Å². The SMILES string of the molecule is CC(=O)Nc1ccc2c(c1)Cc1cn(C3C=CC=C(C(=O)O)C3)nc1-2. The zero-order valence-electron chi connectivity index (χ0n) is 13.7. The molecule has 0 aliphatic heterocycles. The molecule has 1 atom stereocenters. The van der Waals surface area contributed by atoms with E-state index >= 15 is 0 Å². The van der Waals surface area contributed by atoms with Crippen LogP contribution in [-0.4, -0.2) is 26.8 Å². The number of carboxylic acid groups (broad SMARTS) is 1. The third kappa shape index (κ3) is 2.76. The van der Waals surface area contributed by atoms with Gasteiger partial charge in [-0.2, -0.15) is 5.10 Å². The lowest BCUT2D eigenvalue weighted by atomic mass is 10.0. The molecule has 2 N–H and O–H groups in total. The van der Waals surface area contributed by atoms with Gasteiger partial charge in [-0.1, -0.05) is 24.3 Å². The number of allylic oxidation sites excluding steroid dienone is 3. The van der Waals surface area contributed by atoms with Crippen molar-refractivity contribution in [3.05, 3.63) is 59.3 Å². The number of carbonyl (C=O) groups excluding carboxylic acids is 1. The number of hydrogen-bond acceptors (Lipinski definition) is 3. The molecule has 2 aliphatic carbocycles. The summed E-state index contributed by atoms with van der Waals surface area (Å²) >= 11 is 0. The molecule has 0 bridgehead atoms. The predicted octanol–water partition coefficient (Wildman–Crippen LogP) is 2.92. The number of benzene rings is 1. The van der Waals surface area contributed by atoms with E-state index < -0.39 is 5.97 Å². The monoisotopic (exact) mass is 335 g/mol. The maximum absolute atomic E-state index is 11.2. The van der Waals surface area contributed by atoms with Gasteiger partial charge in [0.2, 0.25) is 5.91 Å². The van der Waals surface area contributed by atoms with Gasteiger partial charge in [0.15, 0.2) is 0 Å². The molecule has 1 heterocycles. The van der Waals surface area contributed by atoms with E-state index in [1.54, 1.807) is 12.2 Å². The number of nitrogens with one attached hydrogen (secondary N) is 1. The first-order valence-electron chi connectivity index (χ1n) is 8.11. The lowest BCUT2D eigenvalue weighted by Crippen LogP contribution is -2.14. The van der Waals surface area contributed by atoms with E-state index in [0.717, 1.165) is 34.5 Å². The van der Waals surface area contributed by atoms with Crippen molar-refractivity contribution < 1.29 is 14.7 Å². The first-order chi connectivity index (χ1) is 12.0. The summed E-state index contributed by atoms with van der Waals surface area (Å²) in [7, 11) is 0. The van der Waals surface area contributed by atoms with Gasteiger partial charge in [-0.05, 0) is 17.7 Å². The zero-order valence-corrected chi connectivity index (χ0v) is 13.7. The Morgan fingerprint density at radius 1 is 1.32 bits per heavy atom. The highest BCUT2D eigenvalue weighted by Crippen LogP contribution is 2.38. The molecular formula is C19H17N3O3. The number of carbonyl (C=O) groups is 2. The number of hydrogen-bond donors (Lipinski definition) is 2. The topological polar surface area (TPSA) is 84.2 Å². The number of fused-ring (bicyclic) bond motifs is 3. The highest BCUT2D eigenvalue weighted by atomic mass is 16.4. The molecule has 1 unspecified atom stereocenters. The molecule has 1 amide bonds. The Bertz CT molecular complexity index is 953. The average Bonchev–Trinajstić information content (AvgIpc) is 3.11. The maximum Gasteiger partial charge on any atom is 0.331 e. The zero-order chi connectivity index (χ0) is 17.6. The number of nitrogens with zero attached hydrogens (tertiary/aromatic N) is 2. The smallest absolute Gasteiger partial charge is 0.331 e. The summed E-state index contributed by atoms with van der Waals surface area (Å²) < 4.78 is 1.85. The second kappa shape index (κ2) is 5.73. The fourth-order valence-electron chi connectivity index (χ4n) is 3.41. The van der Waals surface area contributed by atoms with Gasteiger partial charge in [0, 0.05) is 48.3 Å². The number of rotatable bonds is 3. The van der Waals surface area contributed by atoms with Crippen LogP contribution in [0.15, 0.2) is 48.2 Å². The number of aromatic nitrogens is 2. The summed E-state index contributed by atoms with van der Waals surface area (Å²) in [6, 6.07) is 5.75. The summed E-state index contributed by atoms with van der Waals surface area (Å²) in [5.74, 6) is -0.975. The fraction of sp³-hybridized carbons (Fsp3) is 0.211. The lowest BCUT2D eigenvalue weighted by Gasteiger charge is -2.17. The summed E-state index contributed by atoms with van der Waals surface area (Å²) in [5.41, 5.74) is 5.44. The molecule has 0 fully saturated rings. The fourth-order valence-corrected chi connectivity index (χ4v) is 3.41. The predicted molar refractivity (Wildman–Crippen MR) is 93.3 cm³/mol. The molecule has 0 spiro atoms. The van der Waals surface area contributed by atoms with Gasteiger partial charge in [0.1, 0.15) is 0 Å². The Kier molecular flexibility index (Phi) is 3.53. The van der Waals surface area contributed by atoms with E-state index in [1.165, 1.54) is 6.92 Å². The van der Waals surface area contributed by atoms with Crippen molar-refractivity contribution >= 4 is 17.6 Å². The number of anilines is 1. The first kappa shape index (κ1) is 15.4. The van der Waals surface area contributed by atoms with E-state index in [4.69, 9.17) is 5.10 Å². The van der Waals surface area contributed by atoms with E-state index in [0.29, 0.717) is 12.0 Å². The minimum Gasteiger partial charge on any atom is -0.478 e. The highest BCUT2D eigenvalue weighted by Gasteiger charge is 2.25. The van der Waals surface area contributed by atoms with Gasteiger partial charge in [-0.15, -0.1) is 0 Å². The van der Waals surface area contributed by atoms with Crippen molar-refractivity contribution in [3.63, 3.8) is 0 Å². The second-order valence-corrected chi connectivity index (χ2v) is 6.37. The lowest BCUT2D eigenvalue weighted by molar-refractivity contribution is -0.132. The molecule has 0 saturated carbocycles. The van der Waals surface area contributed by atoms with E-state index in [9.17, 15) is 14.7 Å². The Morgan fingerprint density at radius 2 is 2.16 bits per heavy atom. The molecule has 6 nitrogen and oxygen atoms in total. The van der Waals surface area contributed by atoms with Crippen LogP contribution in [0, 0.1) is 0 Å². The minimum atomic E-state index is -0.884. The number of aliphatic carboxylic acids is 1. The molecule has 25 heavy (non-hydrogen) atoms. The summed E-state index contributed by atoms with van der Waals surface area (Å²) in [6.07, 6.45) is 8.56. The third-order valence-corrected chi connectivity index (χ3v) is 4.54. The third-order valence-electron chi connectivity index (χ3n) is 4.54. The van der Waals surface area contributed by atoms with Crippen LogP contribution in [0.3, 0.4) is 0 Å². The van der Waals surface area contributed by atoms with Crippen molar-refractivity contribution in [1.82, 2.24) is 9.78 Å². The normalized spacial score (nSPS) is 17.6. The molecule has 2 aliphatic rings. The largest absolute Gasteiger partial charge is 0.478 e. The van der Waals surface area contributed by atoms with Crippen molar-refractivity contribution in [2.45, 2.75) is 25.8 Å². The molecule has 0 saturated heterocycles. The Morgan fingerprint density at radius 3 is 2.92 bits per heavy atom. The molecular weight excluding hydrogens is 318 g/mol. The quantitative estimate of drug-likeness (QED) is 0.771. The minimum absolute atomic E-state index is 0.0798. The van der Waals surface area contributed by atoms with Crippen molar-refractivity contribution in [3.8, 4) is 11.3 Å². The van der Waals surface area contributed by atoms with Crippen molar-refractivity contribution in [2.24, 2.45) is 0 Å². The molecule has 126 valence electrons. The van der Waals surface area contributed by atoms with Crippen LogP contribution in [0.25, 0.3) is 11.3 Å². The highest BCUT2D eigenvalue weighted by molar-refractivity contribution is 5.90. The molecule has 1 aromatic carbocycles. The summed E-state index contributed by atoms with van der Waals surface area (Å²) in [6.45, 7) is 1.49. The van der Waals surface area contributed by atoms with Gasteiger partial charge in [-0.3, -0.25) is 9.48 Å². The number of amides is 1. The van der Waals surface area contributed by atoms with Crippen molar-refractivity contribution in [1.29, 1.82) is 0 Å². The average molecular weight is 335 g/mol. The van der Waals surface area contributed by atoms with Gasteiger partial charge in [0.25, 0.3) is 0 Å². The van der Waals surface area contributed by atoms with Crippen LogP contribution in [0.1, 0.15) is 30.5 Å². The Hall–Kier alpha value is -3.15. The van der Waals surface area contributed by atoms with Crippen LogP contribution in [0.4, 0.5) is 5.69 Å². The Balaban J connectivity index is 1.61. The van der Waals surface area contributed by atoms with Crippen LogP contribution in [0.2, 0.25) is 0 Å². The maximum atomic E-state index is 11.2. The van der Waals surface area contributed by atoms with Crippen LogP contribution >= 0.6 is 0 Å². The summed E-state index contributed by atoms with van der Waals surface area (Å²) in [5, 5.41) is 16.7. The first-order valence-corrected chi connectivity index (χ1v) is 8.11. The van der Waals surface area contributed by atoms with Crippen LogP contribution in [-0.2, 0) is 16.0 Å². The number of carboxylic acids is 1. The molecule has 2 aromatic rings. The van der Waals surface area contributed by atoms with Gasteiger partial charge >= 0.3 is 5.97 Å². The molecule has 0 radical (unpaired) electrons. The van der Waals surface area contributed by atoms with Gasteiger partial charge < -0.3 is 10.4 Å². The van der Waals surface area contributed by atoms with Crippen molar-refractivity contribution in [2.75, 3.05) is 5.32 Å². The van der Waals surface area contributed by atoms with Crippen LogP contribution in [0.5, 0.6) is 0 Å². The molecule has 4 rings (SSSR count). The Labute approximate surface area is 144 Å². The van der Waals surface area contributed by atoms with E-state index in [-0.39, 0.29) is 11.9 Å². The van der Waals surface area contributed by atoms with E-state index in [1.807, 2.05) is 35.2 Å². The molecule has 1 aromatic heterocycles. The summed E-state index contributed by atoms with van der Waals surface area (Å²) in [4.78, 5) is 22.4. The standard InChI is InChI=1S/C19H17N3O3/c1-11(23)20-15-5-6-17-13(8-15)7-14-10-22(21-18(14)17)16-4-2-3-12(9-16)19(24)25/h2-6,8,10,16H,7,9H2,1H3,(H,20,23)(H,24,25). The molecule has 6 heteroatoms. The van der Waals surface area contributed by atoms with Crippen LogP contribution < -0.4 is 5.32 Å². The second-order valence-electron chi connectivity index (χ2n) is 6.37.